The molecule has 0 atom stereocenters. The summed E-state index contributed by atoms with van der Waals surface area (Å²) in [4.78, 5) is -0.179. The summed E-state index contributed by atoms with van der Waals surface area (Å²) >= 11 is 5.44. The summed E-state index contributed by atoms with van der Waals surface area (Å²) in [5.74, 6) is -0.608. The number of benzene rings is 1. The standard InChI is InChI=1S/C6H4ClFO2S/c7-5-2-1-4(8)3-6(5)11(9)10/h1-3,11H. The van der Waals surface area contributed by atoms with E-state index in [0.29, 0.717) is 0 Å². The van der Waals surface area contributed by atoms with Crippen LogP contribution in [0.15, 0.2) is 23.1 Å². The van der Waals surface area contributed by atoms with Gasteiger partial charge in [-0.25, -0.2) is 12.8 Å². The van der Waals surface area contributed by atoms with Gasteiger partial charge in [0.25, 0.3) is 0 Å². The molecular weight excluding hydrogens is 191 g/mol. The van der Waals surface area contributed by atoms with Crippen LogP contribution >= 0.6 is 11.6 Å². The van der Waals surface area contributed by atoms with Crippen molar-refractivity contribution >= 4 is 22.3 Å². The van der Waals surface area contributed by atoms with E-state index in [2.05, 4.69) is 0 Å². The number of rotatable bonds is 1. The van der Waals surface area contributed by atoms with Gasteiger partial charge in [-0.2, -0.15) is 0 Å². The average molecular weight is 195 g/mol. The van der Waals surface area contributed by atoms with Crippen molar-refractivity contribution in [1.82, 2.24) is 0 Å². The van der Waals surface area contributed by atoms with Gasteiger partial charge < -0.3 is 0 Å². The lowest BCUT2D eigenvalue weighted by Crippen LogP contribution is -1.83. The van der Waals surface area contributed by atoms with Crippen LogP contribution in [0.3, 0.4) is 0 Å². The van der Waals surface area contributed by atoms with Gasteiger partial charge in [-0.1, -0.05) is 11.6 Å². The Morgan fingerprint density at radius 2 is 2.00 bits per heavy atom. The predicted octanol–water partition coefficient (Wildman–Crippen LogP) is 1.45. The van der Waals surface area contributed by atoms with Crippen LogP contribution in [0.25, 0.3) is 0 Å². The van der Waals surface area contributed by atoms with E-state index >= 15 is 0 Å². The van der Waals surface area contributed by atoms with Crippen LogP contribution in [0.1, 0.15) is 0 Å². The summed E-state index contributed by atoms with van der Waals surface area (Å²) in [7, 11) is -2.80. The molecule has 0 unspecified atom stereocenters. The second kappa shape index (κ2) is 3.19. The molecule has 2 nitrogen and oxygen atoms in total. The van der Waals surface area contributed by atoms with Gasteiger partial charge in [-0.15, -0.1) is 0 Å². The molecular formula is C6H4ClFO2S. The summed E-state index contributed by atoms with van der Waals surface area (Å²) in [6, 6.07) is 3.19. The molecule has 1 rings (SSSR count). The number of thiol groups is 1. The second-order valence-electron chi connectivity index (χ2n) is 1.85. The molecule has 1 aromatic rings. The fourth-order valence-electron chi connectivity index (χ4n) is 0.626. The van der Waals surface area contributed by atoms with Crippen molar-refractivity contribution in [2.75, 3.05) is 0 Å². The minimum Gasteiger partial charge on any atom is -0.227 e. The fourth-order valence-corrected chi connectivity index (χ4v) is 1.43. The van der Waals surface area contributed by atoms with Crippen molar-refractivity contribution in [1.29, 1.82) is 0 Å². The van der Waals surface area contributed by atoms with E-state index in [-0.39, 0.29) is 9.92 Å². The van der Waals surface area contributed by atoms with Crippen molar-refractivity contribution in [2.45, 2.75) is 4.90 Å². The maximum Gasteiger partial charge on any atom is 0.169 e. The first-order valence-electron chi connectivity index (χ1n) is 2.70. The van der Waals surface area contributed by atoms with E-state index in [1.807, 2.05) is 0 Å². The Morgan fingerprint density at radius 3 is 2.45 bits per heavy atom. The average Bonchev–Trinajstić information content (AvgIpc) is 1.94. The van der Waals surface area contributed by atoms with E-state index < -0.39 is 16.5 Å². The molecule has 0 aromatic heterocycles. The van der Waals surface area contributed by atoms with Crippen LogP contribution in [0.4, 0.5) is 4.39 Å². The third-order valence-electron chi connectivity index (χ3n) is 1.10. The van der Waals surface area contributed by atoms with Gasteiger partial charge in [0.15, 0.2) is 10.7 Å². The molecule has 5 heteroatoms. The third-order valence-corrected chi connectivity index (χ3v) is 2.33. The van der Waals surface area contributed by atoms with Crippen LogP contribution in [-0.4, -0.2) is 8.42 Å². The third kappa shape index (κ3) is 1.91. The van der Waals surface area contributed by atoms with Crippen molar-refractivity contribution in [3.8, 4) is 0 Å². The van der Waals surface area contributed by atoms with Gasteiger partial charge in [-0.05, 0) is 18.2 Å². The lowest BCUT2D eigenvalue weighted by Gasteiger charge is -1.93. The quantitative estimate of drug-likeness (QED) is 0.687. The van der Waals surface area contributed by atoms with Gasteiger partial charge in [0.1, 0.15) is 5.82 Å². The highest BCUT2D eigenvalue weighted by atomic mass is 35.5. The summed E-state index contributed by atoms with van der Waals surface area (Å²) in [5, 5.41) is 0.0440. The smallest absolute Gasteiger partial charge is 0.169 e. The lowest BCUT2D eigenvalue weighted by molar-refractivity contribution is 0.606. The highest BCUT2D eigenvalue weighted by Gasteiger charge is 2.02. The van der Waals surface area contributed by atoms with Crippen LogP contribution in [0.5, 0.6) is 0 Å². The van der Waals surface area contributed by atoms with Crippen molar-refractivity contribution in [3.05, 3.63) is 29.0 Å². The van der Waals surface area contributed by atoms with Gasteiger partial charge in [0.05, 0.1) is 9.92 Å². The molecule has 0 radical (unpaired) electrons. The van der Waals surface area contributed by atoms with Gasteiger partial charge in [0.2, 0.25) is 0 Å². The molecule has 11 heavy (non-hydrogen) atoms. The Hall–Kier alpha value is -0.610. The van der Waals surface area contributed by atoms with Gasteiger partial charge in [0, 0.05) is 0 Å². The lowest BCUT2D eigenvalue weighted by atomic mass is 10.3. The summed E-state index contributed by atoms with van der Waals surface area (Å²) in [5.41, 5.74) is 0. The molecule has 0 bridgehead atoms. The molecule has 60 valence electrons. The van der Waals surface area contributed by atoms with Crippen LogP contribution < -0.4 is 0 Å². The SMILES string of the molecule is O=[SH](=O)c1cc(F)ccc1Cl. The topological polar surface area (TPSA) is 34.1 Å². The molecule has 0 heterocycles. The zero-order valence-corrected chi connectivity index (χ0v) is 6.90. The minimum absolute atomic E-state index is 0.0440. The van der Waals surface area contributed by atoms with E-state index in [0.717, 1.165) is 12.1 Å². The molecule has 0 aliphatic rings. The minimum atomic E-state index is -2.80. The largest absolute Gasteiger partial charge is 0.227 e. The van der Waals surface area contributed by atoms with Crippen LogP contribution in [0, 0.1) is 5.82 Å². The molecule has 0 saturated carbocycles. The Balaban J connectivity index is 3.35. The van der Waals surface area contributed by atoms with E-state index in [1.54, 1.807) is 0 Å². The number of hydrogen-bond acceptors (Lipinski definition) is 2. The maximum absolute atomic E-state index is 12.4. The van der Waals surface area contributed by atoms with Crippen LogP contribution in [-0.2, 0) is 10.7 Å². The Labute approximate surface area is 69.6 Å². The molecule has 0 N–H and O–H groups in total. The first kappa shape index (κ1) is 8.49. The monoisotopic (exact) mass is 194 g/mol. The van der Waals surface area contributed by atoms with Crippen molar-refractivity contribution in [3.63, 3.8) is 0 Å². The molecule has 0 aliphatic heterocycles. The molecule has 0 spiro atoms. The van der Waals surface area contributed by atoms with E-state index in [1.165, 1.54) is 6.07 Å². The van der Waals surface area contributed by atoms with Gasteiger partial charge >= 0.3 is 0 Å². The molecule has 0 amide bonds. The Kier molecular flexibility index (Phi) is 2.46. The zero-order chi connectivity index (χ0) is 8.43. The maximum atomic E-state index is 12.4. The fraction of sp³-hybridized carbons (Fsp3) is 0. The molecule has 0 fully saturated rings. The van der Waals surface area contributed by atoms with Gasteiger partial charge in [-0.3, -0.25) is 0 Å². The highest BCUT2D eigenvalue weighted by molar-refractivity contribution is 7.72. The highest BCUT2D eigenvalue weighted by Crippen LogP contribution is 2.17. The Bertz CT molecular complexity index is 340. The summed E-state index contributed by atoms with van der Waals surface area (Å²) < 4.78 is 33.1. The predicted molar refractivity (Wildman–Crippen MR) is 40.0 cm³/mol. The zero-order valence-electron chi connectivity index (χ0n) is 5.25. The number of hydrogen-bond donors (Lipinski definition) is 1. The van der Waals surface area contributed by atoms with Crippen molar-refractivity contribution < 1.29 is 12.8 Å². The number of halogens is 2. The second-order valence-corrected chi connectivity index (χ2v) is 3.26. The van der Waals surface area contributed by atoms with E-state index in [4.69, 9.17) is 11.6 Å². The normalized spacial score (nSPS) is 10.5. The first-order chi connectivity index (χ1) is 5.11. The first-order valence-corrected chi connectivity index (χ1v) is 4.26. The Morgan fingerprint density at radius 1 is 1.36 bits per heavy atom. The molecule has 0 saturated heterocycles. The van der Waals surface area contributed by atoms with Crippen LogP contribution in [0.2, 0.25) is 5.02 Å². The van der Waals surface area contributed by atoms with E-state index in [9.17, 15) is 12.8 Å². The van der Waals surface area contributed by atoms with Crippen molar-refractivity contribution in [2.24, 2.45) is 0 Å². The molecule has 0 aliphatic carbocycles. The summed E-state index contributed by atoms with van der Waals surface area (Å²) in [6.07, 6.45) is 0. The summed E-state index contributed by atoms with van der Waals surface area (Å²) in [6.45, 7) is 0. The molecule has 1 aromatic carbocycles.